The maximum Gasteiger partial charge on any atom is 0.274 e. The van der Waals surface area contributed by atoms with E-state index in [4.69, 9.17) is 0 Å². The lowest BCUT2D eigenvalue weighted by Gasteiger charge is -2.23. The van der Waals surface area contributed by atoms with E-state index in [1.807, 2.05) is 0 Å². The summed E-state index contributed by atoms with van der Waals surface area (Å²) in [6.45, 7) is 3.41. The molecule has 10 heteroatoms. The summed E-state index contributed by atoms with van der Waals surface area (Å²) in [6, 6.07) is 5.12. The number of nitrogens with one attached hydrogen (secondary N) is 2. The Hall–Kier alpha value is -2.52. The van der Waals surface area contributed by atoms with E-state index in [2.05, 4.69) is 15.7 Å². The Bertz CT molecular complexity index is 835. The molecule has 1 saturated heterocycles. The quantitative estimate of drug-likeness (QED) is 0.742. The highest BCUT2D eigenvalue weighted by atomic mass is 35.5. The molecular formula is C19H24ClF2N5O2. The number of carbonyl (C=O) groups excluding carboxylic acids is 2. The van der Waals surface area contributed by atoms with E-state index in [9.17, 15) is 18.4 Å². The van der Waals surface area contributed by atoms with Crippen molar-refractivity contribution < 1.29 is 18.4 Å². The van der Waals surface area contributed by atoms with Crippen molar-refractivity contribution in [3.8, 4) is 0 Å². The van der Waals surface area contributed by atoms with Crippen LogP contribution in [0.3, 0.4) is 0 Å². The maximum absolute atomic E-state index is 13.7. The van der Waals surface area contributed by atoms with E-state index in [0.29, 0.717) is 0 Å². The molecule has 0 aliphatic carbocycles. The second kappa shape index (κ2) is 10.3. The van der Waals surface area contributed by atoms with Crippen molar-refractivity contribution in [3.05, 3.63) is 47.8 Å². The molecule has 2 aromatic rings. The SMILES string of the molecule is CCN(CC(=O)Nc1c(F)cccc1F)C(=O)c1ccn(C2CCCNC2)n1.Cl. The van der Waals surface area contributed by atoms with Crippen LogP contribution in [0, 0.1) is 11.6 Å². The normalized spacial score (nSPS) is 16.0. The first kappa shape index (κ1) is 22.8. The van der Waals surface area contributed by atoms with Gasteiger partial charge >= 0.3 is 0 Å². The number of anilines is 1. The molecule has 158 valence electrons. The summed E-state index contributed by atoms with van der Waals surface area (Å²) in [6.07, 6.45) is 3.78. The van der Waals surface area contributed by atoms with Crippen LogP contribution in [0.4, 0.5) is 14.5 Å². The fourth-order valence-electron chi connectivity index (χ4n) is 3.17. The van der Waals surface area contributed by atoms with Crippen molar-refractivity contribution >= 4 is 29.9 Å². The number of hydrogen-bond acceptors (Lipinski definition) is 4. The van der Waals surface area contributed by atoms with Crippen molar-refractivity contribution in [2.24, 2.45) is 0 Å². The molecule has 1 aliphatic rings. The highest BCUT2D eigenvalue weighted by Gasteiger charge is 2.23. The lowest BCUT2D eigenvalue weighted by atomic mass is 10.1. The van der Waals surface area contributed by atoms with Crippen LogP contribution in [-0.4, -0.2) is 52.7 Å². The van der Waals surface area contributed by atoms with Crippen LogP contribution in [0.5, 0.6) is 0 Å². The molecule has 0 bridgehead atoms. The number of para-hydroxylation sites is 1. The van der Waals surface area contributed by atoms with Crippen LogP contribution in [0.1, 0.15) is 36.3 Å². The van der Waals surface area contributed by atoms with Gasteiger partial charge in [0, 0.05) is 19.3 Å². The van der Waals surface area contributed by atoms with E-state index < -0.39 is 29.1 Å². The van der Waals surface area contributed by atoms with Gasteiger partial charge in [-0.05, 0) is 44.5 Å². The van der Waals surface area contributed by atoms with E-state index in [1.165, 1.54) is 11.0 Å². The average molecular weight is 428 g/mol. The predicted octanol–water partition coefficient (Wildman–Crippen LogP) is 2.61. The Balaban J connectivity index is 0.00000300. The summed E-state index contributed by atoms with van der Waals surface area (Å²) < 4.78 is 29.1. The van der Waals surface area contributed by atoms with Gasteiger partial charge in [0.2, 0.25) is 5.91 Å². The molecule has 0 radical (unpaired) electrons. The van der Waals surface area contributed by atoms with Gasteiger partial charge in [-0.2, -0.15) is 5.10 Å². The summed E-state index contributed by atoms with van der Waals surface area (Å²) in [4.78, 5) is 26.2. The number of rotatable bonds is 6. The van der Waals surface area contributed by atoms with Crippen molar-refractivity contribution in [2.45, 2.75) is 25.8 Å². The second-order valence-corrected chi connectivity index (χ2v) is 6.65. The van der Waals surface area contributed by atoms with Gasteiger partial charge in [0.05, 0.1) is 6.04 Å². The molecule has 0 spiro atoms. The molecule has 2 N–H and O–H groups in total. The number of piperidine rings is 1. The van der Waals surface area contributed by atoms with Gasteiger partial charge in [0.1, 0.15) is 29.6 Å². The number of amides is 2. The fourth-order valence-corrected chi connectivity index (χ4v) is 3.17. The Kier molecular flexibility index (Phi) is 8.10. The highest BCUT2D eigenvalue weighted by Crippen LogP contribution is 2.18. The molecule has 1 fully saturated rings. The molecule has 1 atom stereocenters. The van der Waals surface area contributed by atoms with E-state index in [-0.39, 0.29) is 37.2 Å². The first-order chi connectivity index (χ1) is 13.5. The molecule has 29 heavy (non-hydrogen) atoms. The van der Waals surface area contributed by atoms with Gasteiger partial charge in [0.25, 0.3) is 5.91 Å². The summed E-state index contributed by atoms with van der Waals surface area (Å²) in [5.41, 5.74) is -0.289. The minimum Gasteiger partial charge on any atom is -0.328 e. The minimum absolute atomic E-state index is 0. The van der Waals surface area contributed by atoms with Gasteiger partial charge in [-0.1, -0.05) is 6.07 Å². The number of benzene rings is 1. The number of likely N-dealkylation sites (N-methyl/N-ethyl adjacent to an activating group) is 1. The van der Waals surface area contributed by atoms with Crippen LogP contribution in [0.15, 0.2) is 30.5 Å². The molecule has 3 rings (SSSR count). The van der Waals surface area contributed by atoms with Crippen LogP contribution in [0.25, 0.3) is 0 Å². The monoisotopic (exact) mass is 427 g/mol. The smallest absolute Gasteiger partial charge is 0.274 e. The first-order valence-electron chi connectivity index (χ1n) is 9.28. The third-order valence-corrected chi connectivity index (χ3v) is 4.70. The second-order valence-electron chi connectivity index (χ2n) is 6.65. The average Bonchev–Trinajstić information content (AvgIpc) is 3.19. The van der Waals surface area contributed by atoms with Gasteiger partial charge in [-0.15, -0.1) is 12.4 Å². The summed E-state index contributed by atoms with van der Waals surface area (Å²) in [7, 11) is 0. The zero-order chi connectivity index (χ0) is 20.1. The Morgan fingerprint density at radius 2 is 2.03 bits per heavy atom. The summed E-state index contributed by atoms with van der Waals surface area (Å²) >= 11 is 0. The van der Waals surface area contributed by atoms with Crippen LogP contribution in [0.2, 0.25) is 0 Å². The number of nitrogens with zero attached hydrogens (tertiary/aromatic N) is 3. The molecule has 1 aromatic carbocycles. The molecule has 2 heterocycles. The van der Waals surface area contributed by atoms with Gasteiger partial charge in [-0.3, -0.25) is 14.3 Å². The van der Waals surface area contributed by atoms with Crippen molar-refractivity contribution in [3.63, 3.8) is 0 Å². The molecule has 0 saturated carbocycles. The van der Waals surface area contributed by atoms with E-state index in [0.717, 1.165) is 38.1 Å². The van der Waals surface area contributed by atoms with Crippen molar-refractivity contribution in [1.29, 1.82) is 0 Å². The standard InChI is InChI=1S/C19H23F2N5O2.ClH/c1-2-25(12-17(27)23-18-14(20)6-3-7-15(18)21)19(28)16-8-10-26(24-16)13-5-4-9-22-11-13;/h3,6-8,10,13,22H,2,4-5,9,11-12H2,1H3,(H,23,27);1H. The van der Waals surface area contributed by atoms with Crippen molar-refractivity contribution in [1.82, 2.24) is 20.0 Å². The van der Waals surface area contributed by atoms with E-state index >= 15 is 0 Å². The minimum atomic E-state index is -0.873. The van der Waals surface area contributed by atoms with E-state index in [1.54, 1.807) is 23.9 Å². The number of hydrogen-bond donors (Lipinski definition) is 2. The fraction of sp³-hybridized carbons (Fsp3) is 0.421. The lowest BCUT2D eigenvalue weighted by Crippen LogP contribution is -2.38. The summed E-state index contributed by atoms with van der Waals surface area (Å²) in [5, 5.41) is 9.84. The third-order valence-electron chi connectivity index (χ3n) is 4.70. The molecular weight excluding hydrogens is 404 g/mol. The zero-order valence-electron chi connectivity index (χ0n) is 16.0. The topological polar surface area (TPSA) is 79.3 Å². The van der Waals surface area contributed by atoms with Crippen LogP contribution < -0.4 is 10.6 Å². The van der Waals surface area contributed by atoms with Crippen LogP contribution >= 0.6 is 12.4 Å². The Morgan fingerprint density at radius 3 is 2.66 bits per heavy atom. The zero-order valence-corrected chi connectivity index (χ0v) is 16.8. The molecule has 7 nitrogen and oxygen atoms in total. The Morgan fingerprint density at radius 1 is 1.31 bits per heavy atom. The molecule has 1 unspecified atom stereocenters. The number of carbonyl (C=O) groups is 2. The number of halogens is 3. The van der Waals surface area contributed by atoms with Gasteiger partial charge in [0.15, 0.2) is 0 Å². The Labute approximate surface area is 173 Å². The largest absolute Gasteiger partial charge is 0.328 e. The van der Waals surface area contributed by atoms with Crippen LogP contribution in [-0.2, 0) is 4.79 Å². The predicted molar refractivity (Wildman–Crippen MR) is 107 cm³/mol. The third kappa shape index (κ3) is 5.51. The lowest BCUT2D eigenvalue weighted by molar-refractivity contribution is -0.116. The number of aromatic nitrogens is 2. The maximum atomic E-state index is 13.7. The first-order valence-corrected chi connectivity index (χ1v) is 9.28. The molecule has 2 amide bonds. The highest BCUT2D eigenvalue weighted by molar-refractivity contribution is 5.98. The molecule has 1 aromatic heterocycles. The molecule has 1 aliphatic heterocycles. The van der Waals surface area contributed by atoms with Gasteiger partial charge < -0.3 is 15.5 Å². The summed E-state index contributed by atoms with van der Waals surface area (Å²) in [5.74, 6) is -2.84. The van der Waals surface area contributed by atoms with Crippen molar-refractivity contribution in [2.75, 3.05) is 31.5 Å². The van der Waals surface area contributed by atoms with Gasteiger partial charge in [-0.25, -0.2) is 8.78 Å².